The predicted octanol–water partition coefficient (Wildman–Crippen LogP) is 2.75. The van der Waals surface area contributed by atoms with E-state index in [2.05, 4.69) is 4.99 Å². The summed E-state index contributed by atoms with van der Waals surface area (Å²) >= 11 is 0. The number of carbonyl (C=O) groups excluding carboxylic acids is 2. The average Bonchev–Trinajstić information content (AvgIpc) is 2.31. The first-order valence-corrected chi connectivity index (χ1v) is 5.24. The SMILES string of the molecule is CCCCN(C(=O)N=C=O)c1ccccc1. The Hall–Kier alpha value is -1.93. The molecule has 0 aliphatic rings. The highest BCUT2D eigenvalue weighted by molar-refractivity contribution is 5.94. The fraction of sp³-hybridized carbons (Fsp3) is 0.333. The van der Waals surface area contributed by atoms with Gasteiger partial charge in [-0.25, -0.2) is 9.59 Å². The van der Waals surface area contributed by atoms with E-state index in [1.807, 2.05) is 37.3 Å². The number of hydrogen-bond acceptors (Lipinski definition) is 2. The molecule has 0 unspecified atom stereocenters. The molecule has 0 saturated carbocycles. The molecule has 2 amide bonds. The van der Waals surface area contributed by atoms with E-state index in [1.165, 1.54) is 11.0 Å². The Morgan fingerprint density at radius 1 is 1.38 bits per heavy atom. The lowest BCUT2D eigenvalue weighted by Crippen LogP contribution is -2.29. The van der Waals surface area contributed by atoms with Crippen molar-refractivity contribution in [3.8, 4) is 0 Å². The van der Waals surface area contributed by atoms with Crippen LogP contribution in [0.3, 0.4) is 0 Å². The van der Waals surface area contributed by atoms with Gasteiger partial charge in [0, 0.05) is 12.2 Å². The molecule has 0 heterocycles. The molecule has 1 aromatic carbocycles. The molecule has 0 N–H and O–H groups in total. The summed E-state index contributed by atoms with van der Waals surface area (Å²) in [7, 11) is 0. The van der Waals surface area contributed by atoms with E-state index in [-0.39, 0.29) is 0 Å². The summed E-state index contributed by atoms with van der Waals surface area (Å²) in [5, 5.41) is 0. The number of isocyanates is 1. The first-order chi connectivity index (χ1) is 7.79. The molecule has 0 aromatic heterocycles. The van der Waals surface area contributed by atoms with Crippen LogP contribution in [0.2, 0.25) is 0 Å². The quantitative estimate of drug-likeness (QED) is 0.576. The highest BCUT2D eigenvalue weighted by atomic mass is 16.2. The van der Waals surface area contributed by atoms with Crippen LogP contribution in [0.5, 0.6) is 0 Å². The topological polar surface area (TPSA) is 49.7 Å². The van der Waals surface area contributed by atoms with Gasteiger partial charge < -0.3 is 0 Å². The lowest BCUT2D eigenvalue weighted by atomic mass is 10.2. The van der Waals surface area contributed by atoms with E-state index in [0.29, 0.717) is 6.54 Å². The van der Waals surface area contributed by atoms with E-state index in [1.54, 1.807) is 0 Å². The molecule has 0 saturated heterocycles. The molecule has 0 aliphatic carbocycles. The van der Waals surface area contributed by atoms with Crippen molar-refractivity contribution in [2.75, 3.05) is 11.4 Å². The fourth-order valence-corrected chi connectivity index (χ4v) is 1.36. The van der Waals surface area contributed by atoms with Crippen molar-refractivity contribution in [2.24, 2.45) is 4.99 Å². The second-order valence-electron chi connectivity index (χ2n) is 3.33. The molecular formula is C12H14N2O2. The van der Waals surface area contributed by atoms with Crippen LogP contribution >= 0.6 is 0 Å². The van der Waals surface area contributed by atoms with Gasteiger partial charge in [0.2, 0.25) is 6.08 Å². The lowest BCUT2D eigenvalue weighted by Gasteiger charge is -2.19. The number of para-hydroxylation sites is 1. The van der Waals surface area contributed by atoms with Gasteiger partial charge in [0.25, 0.3) is 0 Å². The van der Waals surface area contributed by atoms with Crippen molar-refractivity contribution in [2.45, 2.75) is 19.8 Å². The zero-order chi connectivity index (χ0) is 11.8. The highest BCUT2D eigenvalue weighted by Gasteiger charge is 2.13. The number of aliphatic imine (C=N–C) groups is 1. The summed E-state index contributed by atoms with van der Waals surface area (Å²) in [6.45, 7) is 2.60. The number of carbonyl (C=O) groups is 1. The second kappa shape index (κ2) is 6.53. The maximum Gasteiger partial charge on any atom is 0.358 e. The van der Waals surface area contributed by atoms with Crippen LogP contribution in [-0.2, 0) is 4.79 Å². The van der Waals surface area contributed by atoms with Crippen LogP contribution in [0, 0.1) is 0 Å². The smallest absolute Gasteiger partial charge is 0.292 e. The van der Waals surface area contributed by atoms with Crippen LogP contribution in [0.1, 0.15) is 19.8 Å². The maximum atomic E-state index is 11.5. The monoisotopic (exact) mass is 218 g/mol. The molecule has 0 radical (unpaired) electrons. The van der Waals surface area contributed by atoms with Gasteiger partial charge in [-0.3, -0.25) is 4.90 Å². The van der Waals surface area contributed by atoms with E-state index in [4.69, 9.17) is 0 Å². The predicted molar refractivity (Wildman–Crippen MR) is 62.2 cm³/mol. The number of hydrogen-bond donors (Lipinski definition) is 0. The van der Waals surface area contributed by atoms with Crippen LogP contribution in [0.15, 0.2) is 35.3 Å². The molecule has 16 heavy (non-hydrogen) atoms. The van der Waals surface area contributed by atoms with Gasteiger partial charge in [0.1, 0.15) is 0 Å². The summed E-state index contributed by atoms with van der Waals surface area (Å²) in [5.41, 5.74) is 0.750. The van der Waals surface area contributed by atoms with Crippen molar-refractivity contribution in [1.29, 1.82) is 0 Å². The number of unbranched alkanes of at least 4 members (excludes halogenated alkanes) is 1. The first kappa shape index (κ1) is 12.1. The summed E-state index contributed by atoms with van der Waals surface area (Å²) in [4.78, 5) is 26.2. The van der Waals surface area contributed by atoms with Crippen molar-refractivity contribution >= 4 is 17.8 Å². The number of nitrogens with zero attached hydrogens (tertiary/aromatic N) is 2. The maximum absolute atomic E-state index is 11.5. The van der Waals surface area contributed by atoms with Gasteiger partial charge in [0.15, 0.2) is 0 Å². The Balaban J connectivity index is 2.87. The number of urea groups is 1. The standard InChI is InChI=1S/C12H14N2O2/c1-2-3-9-14(12(16)13-10-15)11-7-5-4-6-8-11/h4-8H,2-3,9H2,1H3. The number of benzene rings is 1. The minimum Gasteiger partial charge on any atom is -0.292 e. The molecule has 0 atom stereocenters. The van der Waals surface area contributed by atoms with Gasteiger partial charge in [-0.15, -0.1) is 4.99 Å². The van der Waals surface area contributed by atoms with Gasteiger partial charge in [-0.2, -0.15) is 0 Å². The third-order valence-corrected chi connectivity index (χ3v) is 2.18. The van der Waals surface area contributed by atoms with E-state index in [9.17, 15) is 9.59 Å². The lowest BCUT2D eigenvalue weighted by molar-refractivity contribution is 0.254. The zero-order valence-electron chi connectivity index (χ0n) is 9.22. The van der Waals surface area contributed by atoms with Crippen LogP contribution < -0.4 is 4.90 Å². The minimum atomic E-state index is -0.561. The Morgan fingerprint density at radius 3 is 2.62 bits per heavy atom. The van der Waals surface area contributed by atoms with Crippen molar-refractivity contribution in [3.05, 3.63) is 30.3 Å². The molecule has 4 heteroatoms. The number of amides is 2. The Morgan fingerprint density at radius 2 is 2.06 bits per heavy atom. The first-order valence-electron chi connectivity index (χ1n) is 5.24. The van der Waals surface area contributed by atoms with Gasteiger partial charge in [-0.05, 0) is 18.6 Å². The van der Waals surface area contributed by atoms with Gasteiger partial charge in [0.05, 0.1) is 0 Å². The molecule has 0 spiro atoms. The highest BCUT2D eigenvalue weighted by Crippen LogP contribution is 2.15. The molecule has 1 aromatic rings. The number of rotatable bonds is 4. The minimum absolute atomic E-state index is 0.560. The van der Waals surface area contributed by atoms with Crippen LogP contribution in [0.25, 0.3) is 0 Å². The van der Waals surface area contributed by atoms with Crippen LogP contribution in [-0.4, -0.2) is 18.7 Å². The Kier molecular flexibility index (Phi) is 4.96. The summed E-state index contributed by atoms with van der Waals surface area (Å²) in [5.74, 6) is 0. The fourth-order valence-electron chi connectivity index (χ4n) is 1.36. The summed E-state index contributed by atoms with van der Waals surface area (Å²) in [6, 6.07) is 8.62. The van der Waals surface area contributed by atoms with E-state index >= 15 is 0 Å². The summed E-state index contributed by atoms with van der Waals surface area (Å²) < 4.78 is 0. The Labute approximate surface area is 94.6 Å². The molecular weight excluding hydrogens is 204 g/mol. The molecule has 0 aliphatic heterocycles. The molecule has 84 valence electrons. The second-order valence-corrected chi connectivity index (χ2v) is 3.33. The van der Waals surface area contributed by atoms with Crippen molar-refractivity contribution < 1.29 is 9.59 Å². The van der Waals surface area contributed by atoms with E-state index in [0.717, 1.165) is 18.5 Å². The molecule has 1 rings (SSSR count). The number of anilines is 1. The van der Waals surface area contributed by atoms with Gasteiger partial charge >= 0.3 is 6.03 Å². The van der Waals surface area contributed by atoms with Crippen molar-refractivity contribution in [3.63, 3.8) is 0 Å². The van der Waals surface area contributed by atoms with Gasteiger partial charge in [-0.1, -0.05) is 31.5 Å². The Bertz CT molecular complexity index is 383. The normalized spacial score (nSPS) is 9.31. The molecule has 4 nitrogen and oxygen atoms in total. The van der Waals surface area contributed by atoms with Crippen LogP contribution in [0.4, 0.5) is 10.5 Å². The molecule has 0 bridgehead atoms. The molecule has 0 fully saturated rings. The average molecular weight is 218 g/mol. The third kappa shape index (κ3) is 3.33. The zero-order valence-corrected chi connectivity index (χ0v) is 9.22. The largest absolute Gasteiger partial charge is 0.358 e. The third-order valence-electron chi connectivity index (χ3n) is 2.18. The van der Waals surface area contributed by atoms with E-state index < -0.39 is 6.03 Å². The summed E-state index contributed by atoms with van der Waals surface area (Å²) in [6.07, 6.45) is 3.12. The van der Waals surface area contributed by atoms with Crippen molar-refractivity contribution in [1.82, 2.24) is 0 Å².